The van der Waals surface area contributed by atoms with Gasteiger partial charge in [-0.25, -0.2) is 0 Å². The zero-order chi connectivity index (χ0) is 20.8. The monoisotopic (exact) mass is 534 g/mol. The van der Waals surface area contributed by atoms with E-state index in [0.717, 1.165) is 68.2 Å². The van der Waals surface area contributed by atoms with Crippen LogP contribution < -0.4 is 20.7 Å². The number of amides is 1. The number of benzene rings is 2. The number of ether oxygens (including phenoxy) is 1. The summed E-state index contributed by atoms with van der Waals surface area (Å²) in [7, 11) is 1.78. The normalized spacial score (nSPS) is 15.2. The zero-order valence-corrected chi connectivity index (χ0v) is 20.3. The van der Waals surface area contributed by atoms with Crippen molar-refractivity contribution < 1.29 is 9.53 Å². The Kier molecular flexibility index (Phi) is 8.57. The molecule has 3 N–H and O–H groups in total. The SMILES string of the molecule is CN=C(NCCc1ccc2c(c1)CCO2)NCc1cccc(NC(=O)C2CCC2)c1.I. The molecule has 0 aromatic heterocycles. The molecule has 0 spiro atoms. The first kappa shape index (κ1) is 23.4. The van der Waals surface area contributed by atoms with Crippen LogP contribution in [0.5, 0.6) is 5.75 Å². The Morgan fingerprint density at radius 2 is 2.00 bits per heavy atom. The van der Waals surface area contributed by atoms with Crippen LogP contribution in [0.1, 0.15) is 36.0 Å². The Hall–Kier alpha value is -2.29. The van der Waals surface area contributed by atoms with Gasteiger partial charge in [0, 0.05) is 38.2 Å². The number of hydrogen-bond acceptors (Lipinski definition) is 3. The maximum atomic E-state index is 12.2. The molecular formula is C24H31IN4O2. The summed E-state index contributed by atoms with van der Waals surface area (Å²) < 4.78 is 5.57. The fourth-order valence-electron chi connectivity index (χ4n) is 3.80. The molecule has 0 atom stereocenters. The summed E-state index contributed by atoms with van der Waals surface area (Å²) in [5.74, 6) is 2.12. The molecule has 31 heavy (non-hydrogen) atoms. The van der Waals surface area contributed by atoms with Crippen molar-refractivity contribution in [2.24, 2.45) is 10.9 Å². The molecular weight excluding hydrogens is 503 g/mol. The number of anilines is 1. The number of nitrogens with zero attached hydrogens (tertiary/aromatic N) is 1. The second-order valence-corrected chi connectivity index (χ2v) is 7.96. The van der Waals surface area contributed by atoms with E-state index in [1.807, 2.05) is 24.3 Å². The van der Waals surface area contributed by atoms with E-state index < -0.39 is 0 Å². The average Bonchev–Trinajstić information content (AvgIpc) is 3.17. The molecule has 2 aromatic rings. The van der Waals surface area contributed by atoms with Crippen LogP contribution in [-0.4, -0.2) is 32.1 Å². The molecule has 1 aliphatic carbocycles. The predicted molar refractivity (Wildman–Crippen MR) is 135 cm³/mol. The third-order valence-corrected chi connectivity index (χ3v) is 5.81. The Labute approximate surface area is 201 Å². The molecule has 0 saturated heterocycles. The van der Waals surface area contributed by atoms with E-state index >= 15 is 0 Å². The van der Waals surface area contributed by atoms with E-state index in [4.69, 9.17) is 4.74 Å². The maximum Gasteiger partial charge on any atom is 0.227 e. The minimum absolute atomic E-state index is 0. The second-order valence-electron chi connectivity index (χ2n) is 7.96. The van der Waals surface area contributed by atoms with E-state index in [1.165, 1.54) is 11.1 Å². The molecule has 1 saturated carbocycles. The topological polar surface area (TPSA) is 74.8 Å². The third kappa shape index (κ3) is 6.35. The molecule has 7 heteroatoms. The second kappa shape index (κ2) is 11.4. The minimum Gasteiger partial charge on any atom is -0.493 e. The van der Waals surface area contributed by atoms with Crippen LogP contribution in [0.2, 0.25) is 0 Å². The van der Waals surface area contributed by atoms with E-state index in [1.54, 1.807) is 7.05 Å². The number of guanidine groups is 1. The van der Waals surface area contributed by atoms with Gasteiger partial charge in [0.25, 0.3) is 0 Å². The van der Waals surface area contributed by atoms with Gasteiger partial charge in [0.05, 0.1) is 6.61 Å². The smallest absolute Gasteiger partial charge is 0.227 e. The predicted octanol–water partition coefficient (Wildman–Crippen LogP) is 3.89. The van der Waals surface area contributed by atoms with Crippen molar-refractivity contribution in [2.75, 3.05) is 25.5 Å². The van der Waals surface area contributed by atoms with Crippen LogP contribution in [0.4, 0.5) is 5.69 Å². The van der Waals surface area contributed by atoms with Crippen LogP contribution >= 0.6 is 24.0 Å². The summed E-state index contributed by atoms with van der Waals surface area (Å²) in [6, 6.07) is 14.4. The van der Waals surface area contributed by atoms with Gasteiger partial charge in [-0.3, -0.25) is 9.79 Å². The Morgan fingerprint density at radius 3 is 2.77 bits per heavy atom. The highest BCUT2D eigenvalue weighted by Crippen LogP contribution is 2.28. The van der Waals surface area contributed by atoms with Gasteiger partial charge in [0.2, 0.25) is 5.91 Å². The van der Waals surface area contributed by atoms with Crippen LogP contribution in [0.25, 0.3) is 0 Å². The maximum absolute atomic E-state index is 12.2. The van der Waals surface area contributed by atoms with Crippen molar-refractivity contribution in [3.8, 4) is 5.75 Å². The molecule has 0 bridgehead atoms. The van der Waals surface area contributed by atoms with E-state index in [0.29, 0.717) is 6.54 Å². The molecule has 1 amide bonds. The molecule has 1 aliphatic heterocycles. The van der Waals surface area contributed by atoms with Gasteiger partial charge in [0.15, 0.2) is 5.96 Å². The lowest BCUT2D eigenvalue weighted by Gasteiger charge is -2.24. The number of rotatable bonds is 7. The van der Waals surface area contributed by atoms with Crippen LogP contribution in [0, 0.1) is 5.92 Å². The summed E-state index contributed by atoms with van der Waals surface area (Å²) in [5.41, 5.74) is 4.56. The molecule has 2 aromatic carbocycles. The molecule has 6 nitrogen and oxygen atoms in total. The van der Waals surface area contributed by atoms with E-state index in [2.05, 4.69) is 39.1 Å². The van der Waals surface area contributed by atoms with E-state index in [9.17, 15) is 4.79 Å². The summed E-state index contributed by atoms with van der Waals surface area (Å²) in [6.45, 7) is 2.23. The number of aliphatic imine (C=N–C) groups is 1. The zero-order valence-electron chi connectivity index (χ0n) is 17.9. The summed E-state index contributed by atoms with van der Waals surface area (Å²) >= 11 is 0. The quantitative estimate of drug-likeness (QED) is 0.287. The number of nitrogens with one attached hydrogen (secondary N) is 3. The van der Waals surface area contributed by atoms with Crippen molar-refractivity contribution in [2.45, 2.75) is 38.6 Å². The molecule has 1 heterocycles. The number of carbonyl (C=O) groups excluding carboxylic acids is 1. The molecule has 0 radical (unpaired) electrons. The first-order chi connectivity index (χ1) is 14.7. The largest absolute Gasteiger partial charge is 0.493 e. The molecule has 1 fully saturated rings. The van der Waals surface area contributed by atoms with Crippen molar-refractivity contribution in [3.63, 3.8) is 0 Å². The van der Waals surface area contributed by atoms with Gasteiger partial charge in [-0.1, -0.05) is 30.7 Å². The fraction of sp³-hybridized carbons (Fsp3) is 0.417. The Bertz CT molecular complexity index is 928. The lowest BCUT2D eigenvalue weighted by Crippen LogP contribution is -2.37. The van der Waals surface area contributed by atoms with Gasteiger partial charge in [0.1, 0.15) is 5.75 Å². The van der Waals surface area contributed by atoms with Gasteiger partial charge in [-0.2, -0.15) is 0 Å². The van der Waals surface area contributed by atoms with Crippen LogP contribution in [-0.2, 0) is 24.2 Å². The number of carbonyl (C=O) groups is 1. The standard InChI is InChI=1S/C24H30N4O2.HI/c1-25-24(26-12-10-17-8-9-22-20(14-17)11-13-30-22)27-16-18-4-2-7-21(15-18)28-23(29)19-5-3-6-19;/h2,4,7-9,14-15,19H,3,5-6,10-13,16H2,1H3,(H,28,29)(H2,25,26,27);1H. The highest BCUT2D eigenvalue weighted by molar-refractivity contribution is 14.0. The first-order valence-corrected chi connectivity index (χ1v) is 10.8. The Morgan fingerprint density at radius 1 is 1.13 bits per heavy atom. The number of fused-ring (bicyclic) bond motifs is 1. The molecule has 4 rings (SSSR count). The van der Waals surface area contributed by atoms with Crippen molar-refractivity contribution in [1.29, 1.82) is 0 Å². The van der Waals surface area contributed by atoms with Gasteiger partial charge in [-0.15, -0.1) is 24.0 Å². The fourth-order valence-corrected chi connectivity index (χ4v) is 3.80. The van der Waals surface area contributed by atoms with E-state index in [-0.39, 0.29) is 35.8 Å². The summed E-state index contributed by atoms with van der Waals surface area (Å²) in [5, 5.41) is 9.75. The van der Waals surface area contributed by atoms with Crippen LogP contribution in [0.3, 0.4) is 0 Å². The highest BCUT2D eigenvalue weighted by Gasteiger charge is 2.25. The minimum atomic E-state index is 0. The lowest BCUT2D eigenvalue weighted by molar-refractivity contribution is -0.122. The van der Waals surface area contributed by atoms with Gasteiger partial charge in [-0.05, 0) is 54.2 Å². The van der Waals surface area contributed by atoms with Crippen molar-refractivity contribution >= 4 is 41.5 Å². The number of hydrogen-bond donors (Lipinski definition) is 3. The Balaban J connectivity index is 0.00000272. The summed E-state index contributed by atoms with van der Waals surface area (Å²) in [6.07, 6.45) is 5.11. The first-order valence-electron chi connectivity index (χ1n) is 10.8. The van der Waals surface area contributed by atoms with Gasteiger partial charge >= 0.3 is 0 Å². The molecule has 0 unspecified atom stereocenters. The van der Waals surface area contributed by atoms with Gasteiger partial charge < -0.3 is 20.7 Å². The van der Waals surface area contributed by atoms with Crippen molar-refractivity contribution in [3.05, 3.63) is 59.2 Å². The lowest BCUT2D eigenvalue weighted by atomic mass is 9.85. The van der Waals surface area contributed by atoms with Crippen LogP contribution in [0.15, 0.2) is 47.5 Å². The third-order valence-electron chi connectivity index (χ3n) is 5.81. The van der Waals surface area contributed by atoms with Crippen molar-refractivity contribution in [1.82, 2.24) is 10.6 Å². The molecule has 166 valence electrons. The summed E-state index contributed by atoms with van der Waals surface area (Å²) in [4.78, 5) is 16.5. The molecule has 2 aliphatic rings. The average molecular weight is 534 g/mol. The number of halogens is 1. The highest BCUT2D eigenvalue weighted by atomic mass is 127.